The van der Waals surface area contributed by atoms with Gasteiger partial charge in [0.2, 0.25) is 6.79 Å². The number of nitrogens with one attached hydrogen (secondary N) is 1. The Labute approximate surface area is 154 Å². The highest BCUT2D eigenvalue weighted by molar-refractivity contribution is 5.89. The maximum absolute atomic E-state index is 13.0. The van der Waals surface area contributed by atoms with Crippen LogP contribution in [-0.2, 0) is 6.54 Å². The van der Waals surface area contributed by atoms with Crippen molar-refractivity contribution >= 4 is 11.7 Å². The lowest BCUT2D eigenvalue weighted by Crippen LogP contribution is -2.30. The van der Waals surface area contributed by atoms with Crippen LogP contribution in [0.15, 0.2) is 54.9 Å². The number of benzene rings is 2. The maximum Gasteiger partial charge on any atom is 0.321 e. The zero-order valence-corrected chi connectivity index (χ0v) is 14.6. The maximum atomic E-state index is 13.0. The second-order valence-electron chi connectivity index (χ2n) is 6.12. The molecule has 0 aliphatic carbocycles. The molecule has 0 saturated heterocycles. The molecule has 1 N–H and O–H groups in total. The molecule has 4 rings (SSSR count). The molecule has 1 aliphatic rings. The van der Waals surface area contributed by atoms with E-state index < -0.39 is 0 Å². The normalized spacial score (nSPS) is 12.1. The molecule has 2 amide bonds. The largest absolute Gasteiger partial charge is 0.454 e. The Morgan fingerprint density at radius 2 is 2.00 bits per heavy atom. The molecular formula is C19H17FN4O3. The van der Waals surface area contributed by atoms with Crippen molar-refractivity contribution in [1.29, 1.82) is 0 Å². The van der Waals surface area contributed by atoms with Crippen molar-refractivity contribution in [1.82, 2.24) is 14.7 Å². The van der Waals surface area contributed by atoms with E-state index in [1.807, 2.05) is 0 Å². The smallest absolute Gasteiger partial charge is 0.321 e. The second-order valence-corrected chi connectivity index (χ2v) is 6.12. The standard InChI is InChI=1S/C19H17FN4O3/c1-23(19(25)22-15-4-7-17-18(8-15)27-12-26-17)10-13-9-21-24(11-13)16-5-2-14(20)3-6-16/h2-9,11H,10,12H2,1H3,(H,22,25). The average Bonchev–Trinajstić information content (AvgIpc) is 3.31. The molecule has 0 unspecified atom stereocenters. The molecule has 0 bridgehead atoms. The highest BCUT2D eigenvalue weighted by Gasteiger charge is 2.16. The number of aromatic nitrogens is 2. The van der Waals surface area contributed by atoms with Crippen molar-refractivity contribution in [3.63, 3.8) is 0 Å². The third kappa shape index (κ3) is 3.69. The number of urea groups is 1. The summed E-state index contributed by atoms with van der Waals surface area (Å²) in [6.07, 6.45) is 3.48. The van der Waals surface area contributed by atoms with Gasteiger partial charge in [0, 0.05) is 30.6 Å². The van der Waals surface area contributed by atoms with Gasteiger partial charge in [0.15, 0.2) is 11.5 Å². The number of fused-ring (bicyclic) bond motifs is 1. The summed E-state index contributed by atoms with van der Waals surface area (Å²) in [5.41, 5.74) is 2.22. The molecular weight excluding hydrogens is 351 g/mol. The lowest BCUT2D eigenvalue weighted by atomic mass is 10.3. The van der Waals surface area contributed by atoms with Crippen LogP contribution in [0.4, 0.5) is 14.9 Å². The van der Waals surface area contributed by atoms with Gasteiger partial charge in [0.25, 0.3) is 0 Å². The van der Waals surface area contributed by atoms with E-state index in [1.54, 1.807) is 54.5 Å². The summed E-state index contributed by atoms with van der Waals surface area (Å²) >= 11 is 0. The van der Waals surface area contributed by atoms with Gasteiger partial charge < -0.3 is 19.7 Å². The van der Waals surface area contributed by atoms with E-state index >= 15 is 0 Å². The van der Waals surface area contributed by atoms with Gasteiger partial charge in [-0.3, -0.25) is 0 Å². The fourth-order valence-corrected chi connectivity index (χ4v) is 2.72. The third-order valence-electron chi connectivity index (χ3n) is 4.12. The number of rotatable bonds is 4. The van der Waals surface area contributed by atoms with Gasteiger partial charge >= 0.3 is 6.03 Å². The van der Waals surface area contributed by atoms with Crippen LogP contribution in [0.5, 0.6) is 11.5 Å². The Kier molecular flexibility index (Phi) is 4.37. The van der Waals surface area contributed by atoms with Crippen molar-refractivity contribution in [3.8, 4) is 17.2 Å². The highest BCUT2D eigenvalue weighted by atomic mass is 19.1. The number of hydrogen-bond acceptors (Lipinski definition) is 4. The number of carbonyl (C=O) groups is 1. The van der Waals surface area contributed by atoms with Gasteiger partial charge in [-0.25, -0.2) is 13.9 Å². The third-order valence-corrected chi connectivity index (χ3v) is 4.12. The molecule has 0 fully saturated rings. The minimum absolute atomic E-state index is 0.185. The first-order valence-corrected chi connectivity index (χ1v) is 8.30. The SMILES string of the molecule is CN(Cc1cnn(-c2ccc(F)cc2)c1)C(=O)Nc1ccc2c(c1)OCO2. The minimum Gasteiger partial charge on any atom is -0.454 e. The number of carbonyl (C=O) groups excluding carboxylic acids is 1. The molecule has 1 aliphatic heterocycles. The van der Waals surface area contributed by atoms with Crippen LogP contribution in [0.25, 0.3) is 5.69 Å². The molecule has 2 heterocycles. The monoisotopic (exact) mass is 368 g/mol. The summed E-state index contributed by atoms with van der Waals surface area (Å²) in [4.78, 5) is 13.9. The molecule has 138 valence electrons. The summed E-state index contributed by atoms with van der Waals surface area (Å²) in [6.45, 7) is 0.558. The Morgan fingerprint density at radius 1 is 1.22 bits per heavy atom. The minimum atomic E-state index is -0.300. The van der Waals surface area contributed by atoms with Gasteiger partial charge in [0.1, 0.15) is 5.82 Å². The number of amides is 2. The summed E-state index contributed by atoms with van der Waals surface area (Å²) in [7, 11) is 1.69. The van der Waals surface area contributed by atoms with Crippen LogP contribution < -0.4 is 14.8 Å². The van der Waals surface area contributed by atoms with E-state index in [0.717, 1.165) is 11.3 Å². The zero-order valence-electron chi connectivity index (χ0n) is 14.6. The van der Waals surface area contributed by atoms with Gasteiger partial charge in [-0.15, -0.1) is 0 Å². The van der Waals surface area contributed by atoms with Crippen LogP contribution in [0.3, 0.4) is 0 Å². The van der Waals surface area contributed by atoms with Crippen molar-refractivity contribution in [3.05, 3.63) is 66.2 Å². The van der Waals surface area contributed by atoms with Crippen LogP contribution in [0.2, 0.25) is 0 Å². The Balaban J connectivity index is 1.39. The molecule has 1 aromatic heterocycles. The van der Waals surface area contributed by atoms with Gasteiger partial charge in [0.05, 0.1) is 18.4 Å². The van der Waals surface area contributed by atoms with Crippen molar-refractivity contribution < 1.29 is 18.7 Å². The summed E-state index contributed by atoms with van der Waals surface area (Å²) in [5, 5.41) is 7.08. The summed E-state index contributed by atoms with van der Waals surface area (Å²) in [6, 6.07) is 11.0. The molecule has 0 saturated carbocycles. The average molecular weight is 368 g/mol. The predicted molar refractivity (Wildman–Crippen MR) is 96.6 cm³/mol. The summed E-state index contributed by atoms with van der Waals surface area (Å²) < 4.78 is 25.2. The van der Waals surface area contributed by atoms with Crippen molar-refractivity contribution in [2.24, 2.45) is 0 Å². The summed E-state index contributed by atoms with van der Waals surface area (Å²) in [5.74, 6) is 0.969. The quantitative estimate of drug-likeness (QED) is 0.766. The number of nitrogens with zero attached hydrogens (tertiary/aromatic N) is 3. The molecule has 0 atom stereocenters. The first-order chi connectivity index (χ1) is 13.1. The van der Waals surface area contributed by atoms with Crippen LogP contribution in [0, 0.1) is 5.82 Å². The molecule has 0 radical (unpaired) electrons. The van der Waals surface area contributed by atoms with E-state index in [-0.39, 0.29) is 18.6 Å². The molecule has 8 heteroatoms. The molecule has 27 heavy (non-hydrogen) atoms. The van der Waals surface area contributed by atoms with Gasteiger partial charge in [-0.1, -0.05) is 0 Å². The van der Waals surface area contributed by atoms with E-state index in [0.29, 0.717) is 23.7 Å². The van der Waals surface area contributed by atoms with Crippen LogP contribution in [0.1, 0.15) is 5.56 Å². The van der Waals surface area contributed by atoms with Gasteiger partial charge in [-0.2, -0.15) is 5.10 Å². The van der Waals surface area contributed by atoms with E-state index in [2.05, 4.69) is 10.4 Å². The number of anilines is 1. The number of halogens is 1. The van der Waals surface area contributed by atoms with Crippen molar-refractivity contribution in [2.75, 3.05) is 19.2 Å². The van der Waals surface area contributed by atoms with E-state index in [9.17, 15) is 9.18 Å². The lowest BCUT2D eigenvalue weighted by molar-refractivity contribution is 0.174. The Hall–Kier alpha value is -3.55. The molecule has 0 spiro atoms. The fraction of sp³-hybridized carbons (Fsp3) is 0.158. The molecule has 2 aromatic carbocycles. The first kappa shape index (κ1) is 16.9. The van der Waals surface area contributed by atoms with Crippen LogP contribution in [-0.4, -0.2) is 34.6 Å². The first-order valence-electron chi connectivity index (χ1n) is 8.30. The number of hydrogen-bond donors (Lipinski definition) is 1. The van der Waals surface area contributed by atoms with E-state index in [4.69, 9.17) is 9.47 Å². The fourth-order valence-electron chi connectivity index (χ4n) is 2.72. The highest BCUT2D eigenvalue weighted by Crippen LogP contribution is 2.34. The Morgan fingerprint density at radius 3 is 2.81 bits per heavy atom. The molecule has 3 aromatic rings. The second kappa shape index (κ2) is 6.99. The zero-order chi connectivity index (χ0) is 18.8. The van der Waals surface area contributed by atoms with Gasteiger partial charge in [-0.05, 0) is 36.4 Å². The lowest BCUT2D eigenvalue weighted by Gasteiger charge is -2.17. The predicted octanol–water partition coefficient (Wildman–Crippen LogP) is 3.40. The molecule has 7 nitrogen and oxygen atoms in total. The van der Waals surface area contributed by atoms with Crippen molar-refractivity contribution in [2.45, 2.75) is 6.54 Å². The topological polar surface area (TPSA) is 68.6 Å². The van der Waals surface area contributed by atoms with Crippen LogP contribution >= 0.6 is 0 Å². The Bertz CT molecular complexity index is 971. The van der Waals surface area contributed by atoms with E-state index in [1.165, 1.54) is 17.0 Å². The number of ether oxygens (including phenoxy) is 2.